The van der Waals surface area contributed by atoms with Crippen LogP contribution in [0.25, 0.3) is 0 Å². The molecule has 3 rings (SSSR count). The van der Waals surface area contributed by atoms with E-state index in [-0.39, 0.29) is 39.2 Å². The highest BCUT2D eigenvalue weighted by Crippen LogP contribution is 2.08. The van der Waals surface area contributed by atoms with Crippen LogP contribution in [0.5, 0.6) is 0 Å². The maximum atomic E-state index is 13.4. The summed E-state index contributed by atoms with van der Waals surface area (Å²) in [4.78, 5) is 50.9. The third kappa shape index (κ3) is 12.5. The zero-order valence-corrected chi connectivity index (χ0v) is 23.9. The first-order valence-corrected chi connectivity index (χ1v) is 14.0. The number of hydrogen-bond donors (Lipinski definition) is 3. The van der Waals surface area contributed by atoms with Gasteiger partial charge in [-0.1, -0.05) is 104 Å². The third-order valence-corrected chi connectivity index (χ3v) is 6.20. The first-order chi connectivity index (χ1) is 20.9. The van der Waals surface area contributed by atoms with Crippen LogP contribution < -0.4 is 16.0 Å². The van der Waals surface area contributed by atoms with Crippen LogP contribution in [0.4, 0.5) is 9.59 Å². The van der Waals surface area contributed by atoms with Gasteiger partial charge in [0.1, 0.15) is 31.9 Å². The molecule has 0 radical (unpaired) electrons. The van der Waals surface area contributed by atoms with Crippen molar-refractivity contribution in [1.82, 2.24) is 16.0 Å². The van der Waals surface area contributed by atoms with Crippen LogP contribution in [0.3, 0.4) is 0 Å². The molecule has 3 amide bonds. The van der Waals surface area contributed by atoms with E-state index in [1.807, 2.05) is 91.0 Å². The van der Waals surface area contributed by atoms with E-state index in [0.717, 1.165) is 16.7 Å². The van der Waals surface area contributed by atoms with E-state index < -0.39 is 36.1 Å². The van der Waals surface area contributed by atoms with Crippen molar-refractivity contribution < 1.29 is 33.4 Å². The van der Waals surface area contributed by atoms with Crippen molar-refractivity contribution in [1.29, 1.82) is 0 Å². The van der Waals surface area contributed by atoms with Gasteiger partial charge in [0.2, 0.25) is 5.91 Å². The highest BCUT2D eigenvalue weighted by molar-refractivity contribution is 5.89. The summed E-state index contributed by atoms with van der Waals surface area (Å²) in [5.41, 5.74) is 2.45. The van der Waals surface area contributed by atoms with Crippen LogP contribution in [0.15, 0.2) is 104 Å². The van der Waals surface area contributed by atoms with E-state index in [0.29, 0.717) is 6.42 Å². The van der Waals surface area contributed by atoms with E-state index in [1.54, 1.807) is 0 Å². The van der Waals surface area contributed by atoms with Crippen molar-refractivity contribution in [3.63, 3.8) is 0 Å². The van der Waals surface area contributed by atoms with Gasteiger partial charge in [0.15, 0.2) is 0 Å². The minimum absolute atomic E-state index is 0.0142. The molecule has 0 bridgehead atoms. The van der Waals surface area contributed by atoms with E-state index >= 15 is 0 Å². The molecule has 0 spiro atoms. The summed E-state index contributed by atoms with van der Waals surface area (Å²) in [5, 5.41) is 7.94. The van der Waals surface area contributed by atoms with Gasteiger partial charge >= 0.3 is 18.2 Å². The van der Waals surface area contributed by atoms with E-state index in [9.17, 15) is 19.2 Å². The molecule has 43 heavy (non-hydrogen) atoms. The maximum Gasteiger partial charge on any atom is 0.408 e. The topological polar surface area (TPSA) is 132 Å². The standard InChI is InChI=1S/C33H37N3O7/c1-2-21-41-31(38)29(22-25-13-6-3-7-14-25)35-30(37)28(36-33(40)43-24-27-17-10-5-11-18-27)19-12-20-34-32(39)42-23-26-15-8-4-9-16-26/h2-11,13-18,28-29H,1,12,19-24H2,(H,34,39)(H,35,37)(H,36,40)/t28-,29+/m1/s1. The van der Waals surface area contributed by atoms with Crippen LogP contribution in [-0.2, 0) is 43.4 Å². The van der Waals surface area contributed by atoms with Crippen molar-refractivity contribution in [2.24, 2.45) is 0 Å². The lowest BCUT2D eigenvalue weighted by Gasteiger charge is -2.23. The molecule has 0 saturated carbocycles. The van der Waals surface area contributed by atoms with Crippen molar-refractivity contribution >= 4 is 24.1 Å². The second kappa shape index (κ2) is 18.3. The molecule has 0 unspecified atom stereocenters. The fourth-order valence-corrected chi connectivity index (χ4v) is 4.00. The van der Waals surface area contributed by atoms with Gasteiger partial charge in [-0.15, -0.1) is 0 Å². The van der Waals surface area contributed by atoms with Crippen molar-refractivity contribution in [2.45, 2.75) is 44.6 Å². The smallest absolute Gasteiger partial charge is 0.408 e. The van der Waals surface area contributed by atoms with Gasteiger partial charge in [0.25, 0.3) is 0 Å². The molecule has 3 N–H and O–H groups in total. The number of rotatable bonds is 16. The van der Waals surface area contributed by atoms with Gasteiger partial charge in [-0.05, 0) is 29.5 Å². The Hall–Kier alpha value is -5.12. The molecule has 0 saturated heterocycles. The monoisotopic (exact) mass is 587 g/mol. The van der Waals surface area contributed by atoms with E-state index in [1.165, 1.54) is 6.08 Å². The predicted molar refractivity (Wildman–Crippen MR) is 161 cm³/mol. The Balaban J connectivity index is 1.60. The number of alkyl carbamates (subject to hydrolysis) is 2. The molecule has 0 aliphatic carbocycles. The van der Waals surface area contributed by atoms with Gasteiger partial charge in [-0.25, -0.2) is 14.4 Å². The fourth-order valence-electron chi connectivity index (χ4n) is 4.00. The number of nitrogens with one attached hydrogen (secondary N) is 3. The molecular formula is C33H37N3O7. The Morgan fingerprint density at radius 2 is 1.21 bits per heavy atom. The third-order valence-electron chi connectivity index (χ3n) is 6.20. The Morgan fingerprint density at radius 1 is 0.674 bits per heavy atom. The van der Waals surface area contributed by atoms with Gasteiger partial charge in [-0.2, -0.15) is 0 Å². The van der Waals surface area contributed by atoms with Crippen LogP contribution >= 0.6 is 0 Å². The molecule has 0 heterocycles. The second-order valence-electron chi connectivity index (χ2n) is 9.56. The van der Waals surface area contributed by atoms with Crippen molar-refractivity contribution in [3.8, 4) is 0 Å². The molecule has 0 fully saturated rings. The number of ether oxygens (including phenoxy) is 3. The average molecular weight is 588 g/mol. The lowest BCUT2D eigenvalue weighted by atomic mass is 10.0. The second-order valence-corrected chi connectivity index (χ2v) is 9.56. The highest BCUT2D eigenvalue weighted by atomic mass is 16.6. The summed E-state index contributed by atoms with van der Waals surface area (Å²) in [6.07, 6.45) is 0.681. The molecule has 226 valence electrons. The Bertz CT molecular complexity index is 1300. The zero-order valence-electron chi connectivity index (χ0n) is 23.9. The van der Waals surface area contributed by atoms with Crippen molar-refractivity contribution in [2.75, 3.05) is 13.2 Å². The predicted octanol–water partition coefficient (Wildman–Crippen LogP) is 4.44. The largest absolute Gasteiger partial charge is 0.460 e. The maximum absolute atomic E-state index is 13.4. The van der Waals surface area contributed by atoms with E-state index in [2.05, 4.69) is 22.5 Å². The summed E-state index contributed by atoms with van der Waals surface area (Å²) >= 11 is 0. The van der Waals surface area contributed by atoms with Crippen molar-refractivity contribution in [3.05, 3.63) is 120 Å². The van der Waals surface area contributed by atoms with Crippen LogP contribution in [0.1, 0.15) is 29.5 Å². The number of hydrogen-bond acceptors (Lipinski definition) is 7. The minimum atomic E-state index is -1.06. The van der Waals surface area contributed by atoms with E-state index in [4.69, 9.17) is 14.2 Å². The van der Waals surface area contributed by atoms with Crippen LogP contribution in [-0.4, -0.2) is 49.3 Å². The molecule has 3 aromatic rings. The Labute approximate surface area is 251 Å². The van der Waals surface area contributed by atoms with Crippen LogP contribution in [0.2, 0.25) is 0 Å². The number of carbonyl (C=O) groups is 4. The zero-order chi connectivity index (χ0) is 30.7. The lowest BCUT2D eigenvalue weighted by molar-refractivity contribution is -0.146. The number of carbonyl (C=O) groups excluding carboxylic acids is 4. The van der Waals surface area contributed by atoms with Gasteiger partial charge in [0, 0.05) is 13.0 Å². The Morgan fingerprint density at radius 3 is 1.77 bits per heavy atom. The van der Waals surface area contributed by atoms with Gasteiger partial charge < -0.3 is 30.2 Å². The molecule has 0 aliphatic heterocycles. The molecule has 2 atom stereocenters. The summed E-state index contributed by atoms with van der Waals surface area (Å²) in [7, 11) is 0. The normalized spacial score (nSPS) is 11.7. The lowest BCUT2D eigenvalue weighted by Crippen LogP contribution is -2.52. The Kier molecular flexibility index (Phi) is 13.8. The quantitative estimate of drug-likeness (QED) is 0.0977. The van der Waals surface area contributed by atoms with Gasteiger partial charge in [0.05, 0.1) is 0 Å². The summed E-state index contributed by atoms with van der Waals surface area (Å²) in [5.74, 6) is -1.23. The molecule has 0 aliphatic rings. The SMILES string of the molecule is C=CCOC(=O)[C@H](Cc1ccccc1)NC(=O)[C@@H](CCCNC(=O)OCc1ccccc1)NC(=O)OCc1ccccc1. The molecule has 3 aromatic carbocycles. The molecule has 0 aromatic heterocycles. The average Bonchev–Trinajstić information content (AvgIpc) is 3.04. The highest BCUT2D eigenvalue weighted by Gasteiger charge is 2.28. The van der Waals surface area contributed by atoms with Crippen LogP contribution in [0, 0.1) is 0 Å². The minimum Gasteiger partial charge on any atom is -0.460 e. The molecule has 10 heteroatoms. The fraction of sp³-hybridized carbons (Fsp3) is 0.273. The number of benzene rings is 3. The first-order valence-electron chi connectivity index (χ1n) is 14.0. The summed E-state index contributed by atoms with van der Waals surface area (Å²) in [6.45, 7) is 3.86. The first kappa shape index (κ1) is 32.4. The number of amides is 3. The summed E-state index contributed by atoms with van der Waals surface area (Å²) < 4.78 is 15.7. The molecular weight excluding hydrogens is 550 g/mol. The number of esters is 1. The van der Waals surface area contributed by atoms with Gasteiger partial charge in [-0.3, -0.25) is 4.79 Å². The molecule has 10 nitrogen and oxygen atoms in total. The summed E-state index contributed by atoms with van der Waals surface area (Å²) in [6, 6.07) is 25.5.